The van der Waals surface area contributed by atoms with Crippen molar-refractivity contribution in [2.24, 2.45) is 0 Å². The minimum Gasteiger partial charge on any atom is -0.363 e. The molecule has 90 valence electrons. The van der Waals surface area contributed by atoms with Crippen LogP contribution >= 0.6 is 27.7 Å². The monoisotopic (exact) mass is 306 g/mol. The molecule has 4 nitrogen and oxygen atoms in total. The first kappa shape index (κ1) is 13.6. The molecule has 0 saturated carbocycles. The van der Waals surface area contributed by atoms with Gasteiger partial charge in [0.05, 0.1) is 15.3 Å². The minimum absolute atomic E-state index is 0.00704. The summed E-state index contributed by atoms with van der Waals surface area (Å²) < 4.78 is 5.61. The zero-order valence-electron chi connectivity index (χ0n) is 9.70. The Morgan fingerprint density at radius 2 is 2.31 bits per heavy atom. The lowest BCUT2D eigenvalue weighted by molar-refractivity contribution is -0.122. The third-order valence-electron chi connectivity index (χ3n) is 2.28. The van der Waals surface area contributed by atoms with Gasteiger partial charge < -0.3 is 9.84 Å². The van der Waals surface area contributed by atoms with E-state index in [1.165, 1.54) is 18.0 Å². The summed E-state index contributed by atoms with van der Waals surface area (Å²) in [6, 6.07) is 0. The Bertz CT molecular complexity index is 379. The molecule has 1 N–H and O–H groups in total. The molecule has 1 aromatic heterocycles. The predicted octanol–water partition coefficient (Wildman–Crippen LogP) is 2.54. The van der Waals surface area contributed by atoms with Gasteiger partial charge in [0.2, 0.25) is 5.91 Å². The van der Waals surface area contributed by atoms with Crippen LogP contribution in [0.2, 0.25) is 0 Å². The molecule has 0 radical (unpaired) electrons. The number of hydrogen-bond acceptors (Lipinski definition) is 4. The molecular formula is C10H15BrN2O2S. The first-order valence-corrected chi connectivity index (χ1v) is 6.91. The van der Waals surface area contributed by atoms with Crippen LogP contribution in [0.5, 0.6) is 0 Å². The number of halogens is 1. The summed E-state index contributed by atoms with van der Waals surface area (Å²) >= 11 is 4.84. The van der Waals surface area contributed by atoms with Crippen LogP contribution in [0, 0.1) is 0 Å². The van der Waals surface area contributed by atoms with Crippen molar-refractivity contribution in [1.82, 2.24) is 10.5 Å². The van der Waals surface area contributed by atoms with Crippen LogP contribution in [0.4, 0.5) is 0 Å². The van der Waals surface area contributed by atoms with Gasteiger partial charge in [0.25, 0.3) is 0 Å². The summed E-state index contributed by atoms with van der Waals surface area (Å²) in [6.07, 6.45) is 3.41. The molecule has 1 amide bonds. The Balaban J connectivity index is 2.80. The van der Waals surface area contributed by atoms with E-state index < -0.39 is 5.54 Å². The van der Waals surface area contributed by atoms with Gasteiger partial charge in [-0.15, -0.1) is 0 Å². The number of rotatable bonds is 4. The third-order valence-corrected chi connectivity index (χ3v) is 3.76. The molecule has 0 bridgehead atoms. The second kappa shape index (κ2) is 5.23. The fourth-order valence-corrected chi connectivity index (χ4v) is 2.14. The van der Waals surface area contributed by atoms with E-state index in [0.29, 0.717) is 5.69 Å². The highest BCUT2D eigenvalue weighted by atomic mass is 79.9. The smallest absolute Gasteiger partial charge is 0.233 e. The maximum atomic E-state index is 11.8. The van der Waals surface area contributed by atoms with Gasteiger partial charge in [-0.05, 0) is 43.0 Å². The number of carbonyl (C=O) groups is 1. The van der Waals surface area contributed by atoms with Crippen LogP contribution in [-0.2, 0) is 10.3 Å². The van der Waals surface area contributed by atoms with Crippen LogP contribution in [0.25, 0.3) is 0 Å². The summed E-state index contributed by atoms with van der Waals surface area (Å²) in [6.45, 7) is 5.65. The molecule has 1 aromatic rings. The van der Waals surface area contributed by atoms with Gasteiger partial charge in [-0.1, -0.05) is 5.16 Å². The number of hydrogen-bond donors (Lipinski definition) is 1. The van der Waals surface area contributed by atoms with E-state index in [2.05, 4.69) is 26.4 Å². The van der Waals surface area contributed by atoms with Crippen LogP contribution in [0.15, 0.2) is 15.3 Å². The third kappa shape index (κ3) is 3.01. The van der Waals surface area contributed by atoms with E-state index >= 15 is 0 Å². The largest absolute Gasteiger partial charge is 0.363 e. The van der Waals surface area contributed by atoms with Gasteiger partial charge in [0.1, 0.15) is 12.0 Å². The van der Waals surface area contributed by atoms with Gasteiger partial charge in [0.15, 0.2) is 0 Å². The summed E-state index contributed by atoms with van der Waals surface area (Å²) in [4.78, 5) is 11.8. The van der Waals surface area contributed by atoms with Crippen LogP contribution in [0.1, 0.15) is 26.5 Å². The number of aromatic nitrogens is 1. The van der Waals surface area contributed by atoms with Gasteiger partial charge in [-0.25, -0.2) is 0 Å². The Kier molecular flexibility index (Phi) is 4.43. The lowest BCUT2D eigenvalue weighted by Crippen LogP contribution is -2.44. The van der Waals surface area contributed by atoms with Crippen LogP contribution in [-0.4, -0.2) is 22.6 Å². The van der Waals surface area contributed by atoms with Crippen molar-refractivity contribution >= 4 is 33.6 Å². The Morgan fingerprint density at radius 1 is 1.69 bits per heavy atom. The van der Waals surface area contributed by atoms with Gasteiger partial charge in [0, 0.05) is 0 Å². The second-order valence-electron chi connectivity index (χ2n) is 4.00. The molecule has 1 rings (SSSR count). The van der Waals surface area contributed by atoms with Crippen molar-refractivity contribution in [3.8, 4) is 0 Å². The first-order valence-electron chi connectivity index (χ1n) is 4.83. The van der Waals surface area contributed by atoms with Crippen molar-refractivity contribution in [3.05, 3.63) is 16.4 Å². The standard InChI is InChI=1S/C10H15BrN2O2S/c1-6(16-4)9(14)12-10(2,3)8-7(11)5-15-13-8/h5-6H,1-4H3,(H,12,14). The molecule has 0 aliphatic carbocycles. The maximum absolute atomic E-state index is 11.8. The zero-order chi connectivity index (χ0) is 12.3. The molecule has 0 aromatic carbocycles. The normalized spacial score (nSPS) is 13.6. The quantitative estimate of drug-likeness (QED) is 0.929. The minimum atomic E-state index is -0.549. The number of thioether (sulfide) groups is 1. The maximum Gasteiger partial charge on any atom is 0.233 e. The predicted molar refractivity (Wildman–Crippen MR) is 68.3 cm³/mol. The second-order valence-corrected chi connectivity index (χ2v) is 6.04. The number of nitrogens with zero attached hydrogens (tertiary/aromatic N) is 1. The molecule has 6 heteroatoms. The van der Waals surface area contributed by atoms with Crippen LogP contribution < -0.4 is 5.32 Å². The summed E-state index contributed by atoms with van der Waals surface area (Å²) in [5.74, 6) is -0.00704. The lowest BCUT2D eigenvalue weighted by Gasteiger charge is -2.25. The molecule has 16 heavy (non-hydrogen) atoms. The molecule has 0 spiro atoms. The van der Waals surface area contributed by atoms with Crippen LogP contribution in [0.3, 0.4) is 0 Å². The fraction of sp³-hybridized carbons (Fsp3) is 0.600. The molecule has 0 aliphatic rings. The number of carbonyl (C=O) groups excluding carboxylic acids is 1. The van der Waals surface area contributed by atoms with Crippen molar-refractivity contribution in [3.63, 3.8) is 0 Å². The Morgan fingerprint density at radius 3 is 2.75 bits per heavy atom. The molecule has 0 fully saturated rings. The van der Waals surface area contributed by atoms with Gasteiger partial charge in [-0.3, -0.25) is 4.79 Å². The molecule has 0 saturated heterocycles. The molecular weight excluding hydrogens is 292 g/mol. The SMILES string of the molecule is CSC(C)C(=O)NC(C)(C)c1nocc1Br. The lowest BCUT2D eigenvalue weighted by atomic mass is 10.0. The van der Waals surface area contributed by atoms with Gasteiger partial charge >= 0.3 is 0 Å². The Hall–Kier alpha value is -0.490. The Labute approximate surface area is 108 Å². The molecule has 0 aliphatic heterocycles. The van der Waals surface area contributed by atoms with E-state index in [-0.39, 0.29) is 11.2 Å². The fourth-order valence-electron chi connectivity index (χ4n) is 1.21. The summed E-state index contributed by atoms with van der Waals surface area (Å²) in [7, 11) is 0. The van der Waals surface area contributed by atoms with E-state index in [1.807, 2.05) is 27.0 Å². The van der Waals surface area contributed by atoms with Crippen molar-refractivity contribution in [2.75, 3.05) is 6.26 Å². The molecule has 1 unspecified atom stereocenters. The van der Waals surface area contributed by atoms with Gasteiger partial charge in [-0.2, -0.15) is 11.8 Å². The molecule has 1 atom stereocenters. The first-order chi connectivity index (χ1) is 7.38. The highest BCUT2D eigenvalue weighted by Gasteiger charge is 2.29. The zero-order valence-corrected chi connectivity index (χ0v) is 12.1. The highest BCUT2D eigenvalue weighted by molar-refractivity contribution is 9.10. The average molecular weight is 307 g/mol. The number of amides is 1. The van der Waals surface area contributed by atoms with E-state index in [1.54, 1.807) is 0 Å². The summed E-state index contributed by atoms with van der Waals surface area (Å²) in [5, 5.41) is 6.74. The topological polar surface area (TPSA) is 55.1 Å². The highest BCUT2D eigenvalue weighted by Crippen LogP contribution is 2.26. The van der Waals surface area contributed by atoms with Crippen molar-refractivity contribution < 1.29 is 9.32 Å². The van der Waals surface area contributed by atoms with E-state index in [0.717, 1.165) is 4.47 Å². The van der Waals surface area contributed by atoms with Crippen molar-refractivity contribution in [1.29, 1.82) is 0 Å². The van der Waals surface area contributed by atoms with Crippen molar-refractivity contribution in [2.45, 2.75) is 31.6 Å². The average Bonchev–Trinajstić information content (AvgIpc) is 2.63. The molecule has 1 heterocycles. The van der Waals surface area contributed by atoms with E-state index in [4.69, 9.17) is 4.52 Å². The van der Waals surface area contributed by atoms with E-state index in [9.17, 15) is 4.79 Å². The summed E-state index contributed by atoms with van der Waals surface area (Å²) in [5.41, 5.74) is 0.140. The number of nitrogens with one attached hydrogen (secondary N) is 1.